The van der Waals surface area contributed by atoms with E-state index in [0.29, 0.717) is 18.0 Å². The molecule has 1 unspecified atom stereocenters. The molecule has 2 heterocycles. The fraction of sp³-hybridized carbons (Fsp3) is 0.348. The molecule has 2 aromatic carbocycles. The van der Waals surface area contributed by atoms with Crippen LogP contribution in [0.15, 0.2) is 51.8 Å². The number of hydrogen-bond acceptors (Lipinski definition) is 6. The molecule has 0 radical (unpaired) electrons. The van der Waals surface area contributed by atoms with E-state index < -0.39 is 15.9 Å². The second kappa shape index (κ2) is 8.84. The summed E-state index contributed by atoms with van der Waals surface area (Å²) in [5, 5.41) is 10.4. The Bertz CT molecular complexity index is 1240. The Balaban J connectivity index is 1.46. The van der Waals surface area contributed by atoms with Gasteiger partial charge in [-0.25, -0.2) is 8.42 Å². The molecule has 1 fully saturated rings. The minimum absolute atomic E-state index is 0.0259. The molecular weight excluding hydrogens is 428 g/mol. The average Bonchev–Trinajstić information content (AvgIpc) is 3.24. The normalized spacial score (nSPS) is 17.3. The van der Waals surface area contributed by atoms with Crippen LogP contribution in [0.3, 0.4) is 0 Å². The zero-order valence-corrected chi connectivity index (χ0v) is 19.1. The number of benzene rings is 2. The van der Waals surface area contributed by atoms with E-state index in [1.807, 2.05) is 39.0 Å². The van der Waals surface area contributed by atoms with E-state index in [9.17, 15) is 13.2 Å². The van der Waals surface area contributed by atoms with Gasteiger partial charge in [-0.2, -0.15) is 4.31 Å². The smallest absolute Gasteiger partial charge is 0.322 e. The summed E-state index contributed by atoms with van der Waals surface area (Å²) < 4.78 is 33.0. The van der Waals surface area contributed by atoms with E-state index in [1.165, 1.54) is 24.3 Å². The van der Waals surface area contributed by atoms with Gasteiger partial charge in [0.25, 0.3) is 5.91 Å². The molecule has 32 heavy (non-hydrogen) atoms. The minimum Gasteiger partial charge on any atom is -0.403 e. The number of nitrogens with one attached hydrogen (secondary N) is 1. The van der Waals surface area contributed by atoms with E-state index in [2.05, 4.69) is 15.5 Å². The molecule has 0 aliphatic carbocycles. The van der Waals surface area contributed by atoms with Gasteiger partial charge in [0.05, 0.1) is 4.90 Å². The lowest BCUT2D eigenvalue weighted by atomic mass is 10.1. The lowest BCUT2D eigenvalue weighted by Gasteiger charge is -2.32. The highest BCUT2D eigenvalue weighted by atomic mass is 32.2. The van der Waals surface area contributed by atoms with Gasteiger partial charge in [-0.15, -0.1) is 5.10 Å². The number of piperidine rings is 1. The van der Waals surface area contributed by atoms with Crippen molar-refractivity contribution in [3.8, 4) is 11.5 Å². The molecule has 4 rings (SSSR count). The third-order valence-corrected chi connectivity index (χ3v) is 7.89. The van der Waals surface area contributed by atoms with Crippen molar-refractivity contribution in [1.82, 2.24) is 14.5 Å². The third-order valence-electron chi connectivity index (χ3n) is 5.86. The standard InChI is InChI=1S/C23H26N4O4S/c1-15-7-8-19(14-16(15)2)22-25-26-23(31-22)24-21(28)18-9-11-20(12-10-18)32(29,30)27-13-5-4-6-17(27)3/h7-12,14,17H,4-6,13H2,1-3H3,(H,24,26,28). The number of nitrogens with zero attached hydrogens (tertiary/aromatic N) is 3. The largest absolute Gasteiger partial charge is 0.403 e. The molecule has 1 aliphatic rings. The van der Waals surface area contributed by atoms with Crippen molar-refractivity contribution in [3.05, 3.63) is 59.2 Å². The number of carbonyl (C=O) groups excluding carboxylic acids is 1. The first-order valence-electron chi connectivity index (χ1n) is 10.6. The molecule has 8 nitrogen and oxygen atoms in total. The van der Waals surface area contributed by atoms with Crippen LogP contribution in [0.1, 0.15) is 47.7 Å². The molecule has 1 saturated heterocycles. The van der Waals surface area contributed by atoms with Crippen LogP contribution < -0.4 is 5.32 Å². The van der Waals surface area contributed by atoms with Crippen LogP contribution in [-0.4, -0.2) is 41.4 Å². The second-order valence-corrected chi connectivity index (χ2v) is 10.0. The maximum absolute atomic E-state index is 12.9. The molecule has 9 heteroatoms. The number of aromatic nitrogens is 2. The Kier molecular flexibility index (Phi) is 6.12. The highest BCUT2D eigenvalue weighted by molar-refractivity contribution is 7.89. The molecule has 1 amide bonds. The highest BCUT2D eigenvalue weighted by Gasteiger charge is 2.31. The number of aryl methyl sites for hydroxylation is 2. The number of hydrogen-bond donors (Lipinski definition) is 1. The van der Waals surface area contributed by atoms with Crippen molar-refractivity contribution >= 4 is 21.9 Å². The van der Waals surface area contributed by atoms with Crippen LogP contribution >= 0.6 is 0 Å². The zero-order chi connectivity index (χ0) is 22.9. The molecule has 1 N–H and O–H groups in total. The highest BCUT2D eigenvalue weighted by Crippen LogP contribution is 2.26. The molecule has 168 valence electrons. The average molecular weight is 455 g/mol. The van der Waals surface area contributed by atoms with Crippen molar-refractivity contribution < 1.29 is 17.6 Å². The predicted octanol–water partition coefficient (Wildman–Crippen LogP) is 4.17. The molecule has 1 aromatic heterocycles. The summed E-state index contributed by atoms with van der Waals surface area (Å²) in [6.07, 6.45) is 2.75. The second-order valence-electron chi connectivity index (χ2n) is 8.15. The van der Waals surface area contributed by atoms with Gasteiger partial charge in [-0.3, -0.25) is 10.1 Å². The van der Waals surface area contributed by atoms with Gasteiger partial charge >= 0.3 is 6.01 Å². The van der Waals surface area contributed by atoms with E-state index in [0.717, 1.165) is 36.0 Å². The number of anilines is 1. The first kappa shape index (κ1) is 22.2. The summed E-state index contributed by atoms with van der Waals surface area (Å²) >= 11 is 0. The van der Waals surface area contributed by atoms with Crippen LogP contribution in [0.5, 0.6) is 0 Å². The van der Waals surface area contributed by atoms with Crippen LogP contribution in [0.2, 0.25) is 0 Å². The first-order chi connectivity index (χ1) is 15.3. The molecular formula is C23H26N4O4S. The summed E-state index contributed by atoms with van der Waals surface area (Å²) in [6.45, 7) is 6.46. The number of rotatable bonds is 5. The van der Waals surface area contributed by atoms with E-state index in [1.54, 1.807) is 4.31 Å². The quantitative estimate of drug-likeness (QED) is 0.620. The molecule has 1 atom stereocenters. The van der Waals surface area contributed by atoms with Gasteiger partial charge in [0.2, 0.25) is 15.9 Å². The maximum atomic E-state index is 12.9. The molecule has 1 aliphatic heterocycles. The van der Waals surface area contributed by atoms with Crippen molar-refractivity contribution in [2.24, 2.45) is 0 Å². The third kappa shape index (κ3) is 4.44. The Labute approximate surface area is 187 Å². The summed E-state index contributed by atoms with van der Waals surface area (Å²) in [5.41, 5.74) is 3.31. The summed E-state index contributed by atoms with van der Waals surface area (Å²) in [6, 6.07) is 11.6. The van der Waals surface area contributed by atoms with Gasteiger partial charge in [0, 0.05) is 23.7 Å². The van der Waals surface area contributed by atoms with E-state index in [-0.39, 0.29) is 17.0 Å². The fourth-order valence-electron chi connectivity index (χ4n) is 3.78. The molecule has 0 bridgehead atoms. The monoisotopic (exact) mass is 454 g/mol. The van der Waals surface area contributed by atoms with Crippen molar-refractivity contribution in [3.63, 3.8) is 0 Å². The van der Waals surface area contributed by atoms with Crippen molar-refractivity contribution in [2.45, 2.75) is 51.0 Å². The summed E-state index contributed by atoms with van der Waals surface area (Å²) in [5.74, 6) is -0.156. The van der Waals surface area contributed by atoms with Crippen molar-refractivity contribution in [2.75, 3.05) is 11.9 Å². The van der Waals surface area contributed by atoms with E-state index >= 15 is 0 Å². The van der Waals surface area contributed by atoms with Crippen LogP contribution in [0.4, 0.5) is 6.01 Å². The van der Waals surface area contributed by atoms with Crippen LogP contribution in [-0.2, 0) is 10.0 Å². The Hall–Kier alpha value is -3.04. The summed E-state index contributed by atoms with van der Waals surface area (Å²) in [7, 11) is -3.59. The Morgan fingerprint density at radius 1 is 1.06 bits per heavy atom. The number of carbonyl (C=O) groups is 1. The van der Waals surface area contributed by atoms with Crippen LogP contribution in [0, 0.1) is 13.8 Å². The SMILES string of the molecule is Cc1ccc(-c2nnc(NC(=O)c3ccc(S(=O)(=O)N4CCCCC4C)cc3)o2)cc1C. The van der Waals surface area contributed by atoms with E-state index in [4.69, 9.17) is 4.42 Å². The first-order valence-corrected chi connectivity index (χ1v) is 12.0. The maximum Gasteiger partial charge on any atom is 0.322 e. The van der Waals surface area contributed by atoms with Gasteiger partial charge in [-0.05, 0) is 81.1 Å². The topological polar surface area (TPSA) is 105 Å². The number of amides is 1. The van der Waals surface area contributed by atoms with Gasteiger partial charge < -0.3 is 4.42 Å². The lowest BCUT2D eigenvalue weighted by molar-refractivity contribution is 0.102. The summed E-state index contributed by atoms with van der Waals surface area (Å²) in [4.78, 5) is 12.8. The lowest BCUT2D eigenvalue weighted by Crippen LogP contribution is -2.41. The van der Waals surface area contributed by atoms with Gasteiger partial charge in [-0.1, -0.05) is 17.6 Å². The predicted molar refractivity (Wildman–Crippen MR) is 121 cm³/mol. The van der Waals surface area contributed by atoms with Gasteiger partial charge in [0.15, 0.2) is 0 Å². The van der Waals surface area contributed by atoms with Crippen LogP contribution in [0.25, 0.3) is 11.5 Å². The molecule has 0 saturated carbocycles. The number of sulfonamides is 1. The molecule has 3 aromatic rings. The zero-order valence-electron chi connectivity index (χ0n) is 18.3. The minimum atomic E-state index is -3.59. The Morgan fingerprint density at radius 3 is 2.50 bits per heavy atom. The molecule has 0 spiro atoms. The van der Waals surface area contributed by atoms with Gasteiger partial charge in [0.1, 0.15) is 0 Å². The fourth-order valence-corrected chi connectivity index (χ4v) is 5.48. The Morgan fingerprint density at radius 2 is 1.81 bits per heavy atom. The van der Waals surface area contributed by atoms with Crippen molar-refractivity contribution in [1.29, 1.82) is 0 Å².